The Hall–Kier alpha value is -4.62. The number of hydrogen-bond donors (Lipinski definition) is 1. The molecule has 0 aliphatic heterocycles. The van der Waals surface area contributed by atoms with E-state index in [1.807, 2.05) is 0 Å². The number of tetrazole rings is 1. The number of benzene rings is 1. The highest BCUT2D eigenvalue weighted by Crippen LogP contribution is 2.30. The molecule has 11 nitrogen and oxygen atoms in total. The minimum atomic E-state index is -4.47. The molecule has 34 heavy (non-hydrogen) atoms. The van der Waals surface area contributed by atoms with Crippen molar-refractivity contribution in [2.75, 3.05) is 0 Å². The number of alkyl halides is 3. The van der Waals surface area contributed by atoms with Crippen LogP contribution in [0.3, 0.4) is 0 Å². The van der Waals surface area contributed by atoms with Crippen LogP contribution in [-0.4, -0.2) is 45.5 Å². The number of pyridine rings is 1. The standard InChI is InChI=1S/C20H14F3N9O2/c1-32-15(10-33-16-7-6-13(8-24-16)20(21,22)23)14(9-25-32)19-26-17(29-34-19)11-2-4-12(5-3-11)18-27-30-31-28-18/h2-9H,10H2,1H3,(H,27,28,30,31). The van der Waals surface area contributed by atoms with Crippen molar-refractivity contribution in [1.82, 2.24) is 45.5 Å². The Morgan fingerprint density at radius 1 is 1.03 bits per heavy atom. The topological polar surface area (TPSA) is 133 Å². The van der Waals surface area contributed by atoms with Crippen LogP contribution in [0.25, 0.3) is 34.2 Å². The Bertz CT molecular complexity index is 1390. The molecule has 0 spiro atoms. The van der Waals surface area contributed by atoms with Crippen LogP contribution in [-0.2, 0) is 19.8 Å². The number of aryl methyl sites for hydroxylation is 1. The molecule has 5 rings (SSSR count). The number of aromatic amines is 1. The second-order valence-corrected chi connectivity index (χ2v) is 7.04. The largest absolute Gasteiger partial charge is 0.471 e. The van der Waals surface area contributed by atoms with E-state index in [1.165, 1.54) is 6.20 Å². The molecule has 4 aromatic heterocycles. The first kappa shape index (κ1) is 21.2. The highest BCUT2D eigenvalue weighted by Gasteiger charge is 2.30. The zero-order valence-electron chi connectivity index (χ0n) is 17.4. The fraction of sp³-hybridized carbons (Fsp3) is 0.150. The molecule has 0 fully saturated rings. The molecule has 0 atom stereocenters. The first-order valence-corrected chi connectivity index (χ1v) is 9.74. The molecular formula is C20H14F3N9O2. The zero-order chi connectivity index (χ0) is 23.7. The lowest BCUT2D eigenvalue weighted by Gasteiger charge is -2.09. The summed E-state index contributed by atoms with van der Waals surface area (Å²) in [4.78, 5) is 8.14. The van der Waals surface area contributed by atoms with E-state index in [0.717, 1.165) is 17.7 Å². The van der Waals surface area contributed by atoms with Gasteiger partial charge in [0.2, 0.25) is 17.5 Å². The number of ether oxygens (including phenoxy) is 1. The summed E-state index contributed by atoms with van der Waals surface area (Å²) in [6, 6.07) is 9.25. The first-order valence-electron chi connectivity index (χ1n) is 9.74. The molecule has 14 heteroatoms. The van der Waals surface area contributed by atoms with E-state index in [2.05, 4.69) is 40.8 Å². The number of hydrogen-bond acceptors (Lipinski definition) is 9. The molecule has 1 aromatic carbocycles. The van der Waals surface area contributed by atoms with E-state index in [9.17, 15) is 13.2 Å². The molecule has 0 aliphatic carbocycles. The Kier molecular flexibility index (Phi) is 5.24. The number of nitrogens with one attached hydrogen (secondary N) is 1. The fourth-order valence-electron chi connectivity index (χ4n) is 3.09. The van der Waals surface area contributed by atoms with Crippen LogP contribution in [0.15, 0.2) is 53.3 Å². The first-order chi connectivity index (χ1) is 16.4. The Balaban J connectivity index is 1.33. The van der Waals surface area contributed by atoms with Gasteiger partial charge in [-0.05, 0) is 11.3 Å². The van der Waals surface area contributed by atoms with Crippen LogP contribution in [0, 0.1) is 0 Å². The maximum atomic E-state index is 12.7. The van der Waals surface area contributed by atoms with Gasteiger partial charge in [-0.1, -0.05) is 29.4 Å². The monoisotopic (exact) mass is 469 g/mol. The lowest BCUT2D eigenvalue weighted by atomic mass is 10.1. The van der Waals surface area contributed by atoms with Crippen molar-refractivity contribution in [3.63, 3.8) is 0 Å². The Labute approximate surface area is 188 Å². The van der Waals surface area contributed by atoms with Gasteiger partial charge in [0.05, 0.1) is 23.0 Å². The molecule has 1 N–H and O–H groups in total. The smallest absolute Gasteiger partial charge is 0.417 e. The third-order valence-electron chi connectivity index (χ3n) is 4.89. The maximum absolute atomic E-state index is 12.7. The van der Waals surface area contributed by atoms with Crippen molar-refractivity contribution in [2.24, 2.45) is 7.05 Å². The third kappa shape index (κ3) is 4.20. The van der Waals surface area contributed by atoms with E-state index < -0.39 is 11.7 Å². The Morgan fingerprint density at radius 2 is 1.79 bits per heavy atom. The highest BCUT2D eigenvalue weighted by atomic mass is 19.4. The summed E-state index contributed by atoms with van der Waals surface area (Å²) in [6.07, 6.45) is -2.22. The quantitative estimate of drug-likeness (QED) is 0.397. The van der Waals surface area contributed by atoms with Crippen LogP contribution >= 0.6 is 0 Å². The summed E-state index contributed by atoms with van der Waals surface area (Å²) < 4.78 is 50.6. The maximum Gasteiger partial charge on any atom is 0.417 e. The van der Waals surface area contributed by atoms with Gasteiger partial charge in [-0.3, -0.25) is 4.68 Å². The van der Waals surface area contributed by atoms with E-state index in [-0.39, 0.29) is 18.4 Å². The van der Waals surface area contributed by atoms with Gasteiger partial charge in [0.1, 0.15) is 6.61 Å². The SMILES string of the molecule is Cn1ncc(-c2nc(-c3ccc(-c4nn[nH]n4)cc3)no2)c1COc1ccc(C(F)(F)F)cn1. The van der Waals surface area contributed by atoms with Gasteiger partial charge < -0.3 is 9.26 Å². The van der Waals surface area contributed by atoms with Crippen molar-refractivity contribution in [3.05, 3.63) is 60.0 Å². The van der Waals surface area contributed by atoms with Crippen molar-refractivity contribution >= 4 is 0 Å². The average molecular weight is 469 g/mol. The van der Waals surface area contributed by atoms with Crippen LogP contribution < -0.4 is 4.74 Å². The van der Waals surface area contributed by atoms with Gasteiger partial charge in [0.15, 0.2) is 0 Å². The number of halogens is 3. The van der Waals surface area contributed by atoms with Crippen molar-refractivity contribution < 1.29 is 22.4 Å². The summed E-state index contributed by atoms with van der Waals surface area (Å²) >= 11 is 0. The highest BCUT2D eigenvalue weighted by molar-refractivity contribution is 5.64. The second-order valence-electron chi connectivity index (χ2n) is 7.04. The molecule has 0 saturated carbocycles. The van der Waals surface area contributed by atoms with E-state index in [1.54, 1.807) is 36.0 Å². The summed E-state index contributed by atoms with van der Waals surface area (Å²) in [6.45, 7) is -0.0265. The van der Waals surface area contributed by atoms with Crippen LogP contribution in [0.2, 0.25) is 0 Å². The van der Waals surface area contributed by atoms with Gasteiger partial charge in [0.25, 0.3) is 5.89 Å². The summed E-state index contributed by atoms with van der Waals surface area (Å²) in [5.41, 5.74) is 1.72. The number of rotatable bonds is 6. The molecule has 4 heterocycles. The van der Waals surface area contributed by atoms with E-state index in [0.29, 0.717) is 34.7 Å². The summed E-state index contributed by atoms with van der Waals surface area (Å²) in [5, 5.41) is 22.0. The molecule has 0 aliphatic rings. The zero-order valence-corrected chi connectivity index (χ0v) is 17.4. The van der Waals surface area contributed by atoms with Crippen LogP contribution in [0.5, 0.6) is 5.88 Å². The third-order valence-corrected chi connectivity index (χ3v) is 4.89. The number of aromatic nitrogens is 9. The normalized spacial score (nSPS) is 11.6. The molecule has 0 unspecified atom stereocenters. The average Bonchev–Trinajstić information content (AvgIpc) is 3.59. The molecule has 172 valence electrons. The van der Waals surface area contributed by atoms with Crippen molar-refractivity contribution in [2.45, 2.75) is 12.8 Å². The molecule has 0 amide bonds. The van der Waals surface area contributed by atoms with Crippen LogP contribution in [0.4, 0.5) is 13.2 Å². The second kappa shape index (κ2) is 8.38. The predicted molar refractivity (Wildman–Crippen MR) is 109 cm³/mol. The molecule has 0 radical (unpaired) electrons. The van der Waals surface area contributed by atoms with E-state index >= 15 is 0 Å². The van der Waals surface area contributed by atoms with Gasteiger partial charge in [-0.25, -0.2) is 4.98 Å². The van der Waals surface area contributed by atoms with Gasteiger partial charge in [-0.2, -0.15) is 28.5 Å². The lowest BCUT2D eigenvalue weighted by molar-refractivity contribution is -0.137. The van der Waals surface area contributed by atoms with Gasteiger partial charge >= 0.3 is 6.18 Å². The van der Waals surface area contributed by atoms with Crippen molar-refractivity contribution in [1.29, 1.82) is 0 Å². The molecule has 0 saturated heterocycles. The predicted octanol–water partition coefficient (Wildman–Crippen LogP) is 3.31. The minimum absolute atomic E-state index is 0.0265. The minimum Gasteiger partial charge on any atom is -0.471 e. The summed E-state index contributed by atoms with van der Waals surface area (Å²) in [5.74, 6) is 1.06. The molecule has 5 aromatic rings. The summed E-state index contributed by atoms with van der Waals surface area (Å²) in [7, 11) is 1.69. The Morgan fingerprint density at radius 3 is 2.44 bits per heavy atom. The number of H-pyrrole nitrogens is 1. The molecule has 0 bridgehead atoms. The van der Waals surface area contributed by atoms with Gasteiger partial charge in [0, 0.05) is 30.4 Å². The van der Waals surface area contributed by atoms with E-state index in [4.69, 9.17) is 9.26 Å². The molecular weight excluding hydrogens is 455 g/mol. The van der Waals surface area contributed by atoms with Gasteiger partial charge in [-0.15, -0.1) is 10.2 Å². The fourth-order valence-corrected chi connectivity index (χ4v) is 3.09. The lowest BCUT2D eigenvalue weighted by Crippen LogP contribution is -2.07. The number of nitrogens with zero attached hydrogens (tertiary/aromatic N) is 8. The van der Waals surface area contributed by atoms with Crippen LogP contribution in [0.1, 0.15) is 11.3 Å². The van der Waals surface area contributed by atoms with Crippen molar-refractivity contribution in [3.8, 4) is 40.1 Å².